The summed E-state index contributed by atoms with van der Waals surface area (Å²) in [6.45, 7) is 6.39. The average molecular weight is 289 g/mol. The maximum absolute atomic E-state index is 12.2. The normalized spacial score (nSPS) is 11.3. The Balaban J connectivity index is 2.17. The number of ketones is 1. The predicted octanol–water partition coefficient (Wildman–Crippen LogP) is 3.74. The van der Waals surface area contributed by atoms with Crippen LogP contribution in [0.1, 0.15) is 10.6 Å². The molecule has 20 heavy (non-hydrogen) atoms. The third-order valence-corrected chi connectivity index (χ3v) is 3.28. The highest BCUT2D eigenvalue weighted by molar-refractivity contribution is 6.69. The van der Waals surface area contributed by atoms with Crippen LogP contribution in [-0.4, -0.2) is 20.6 Å². The van der Waals surface area contributed by atoms with Gasteiger partial charge in [0.05, 0.1) is 12.0 Å². The summed E-state index contributed by atoms with van der Waals surface area (Å²) in [5.41, 5.74) is 0.870. The smallest absolute Gasteiger partial charge is 0.220 e. The van der Waals surface area contributed by atoms with Crippen molar-refractivity contribution in [2.75, 3.05) is 11.6 Å². The molecule has 0 radical (unpaired) electrons. The van der Waals surface area contributed by atoms with Crippen LogP contribution in [0, 0.1) is 0 Å². The van der Waals surface area contributed by atoms with Crippen molar-refractivity contribution in [3.63, 3.8) is 0 Å². The second-order valence-corrected chi connectivity index (χ2v) is 9.88. The lowest BCUT2D eigenvalue weighted by Gasteiger charge is -2.30. The van der Waals surface area contributed by atoms with Crippen molar-refractivity contribution >= 4 is 19.8 Å². The van der Waals surface area contributed by atoms with E-state index in [1.165, 1.54) is 6.26 Å². The van der Waals surface area contributed by atoms with Crippen molar-refractivity contribution < 1.29 is 13.7 Å². The van der Waals surface area contributed by atoms with Crippen LogP contribution >= 0.6 is 0 Å². The molecule has 0 aliphatic heterocycles. The van der Waals surface area contributed by atoms with Crippen LogP contribution in [0.15, 0.2) is 53.1 Å². The fourth-order valence-electron chi connectivity index (χ4n) is 1.75. The van der Waals surface area contributed by atoms with E-state index in [0.717, 1.165) is 5.69 Å². The molecule has 2 aromatic rings. The molecule has 0 aliphatic carbocycles. The summed E-state index contributed by atoms with van der Waals surface area (Å²) in [5, 5.41) is 1.66. The molecule has 0 fully saturated rings. The van der Waals surface area contributed by atoms with Crippen molar-refractivity contribution in [2.45, 2.75) is 19.6 Å². The lowest BCUT2D eigenvalue weighted by Crippen LogP contribution is -2.40. The molecular formula is C15H19NO3Si. The van der Waals surface area contributed by atoms with E-state index in [-0.39, 0.29) is 12.3 Å². The quantitative estimate of drug-likeness (QED) is 0.461. The number of rotatable bonds is 6. The summed E-state index contributed by atoms with van der Waals surface area (Å²) in [5.74, 6) is 0.252. The highest BCUT2D eigenvalue weighted by Gasteiger charge is 2.23. The number of carbonyl (C=O) groups excluding carboxylic acids is 1. The first-order chi connectivity index (χ1) is 9.46. The Morgan fingerprint density at radius 3 is 2.40 bits per heavy atom. The summed E-state index contributed by atoms with van der Waals surface area (Å²) in [7, 11) is -1.81. The summed E-state index contributed by atoms with van der Waals surface area (Å²) in [4.78, 5) is 12.2. The molecule has 0 atom stereocenters. The third-order valence-electron chi connectivity index (χ3n) is 2.51. The van der Waals surface area contributed by atoms with Gasteiger partial charge in [-0.05, 0) is 43.9 Å². The van der Waals surface area contributed by atoms with Crippen molar-refractivity contribution in [1.29, 1.82) is 0 Å². The molecule has 0 bridgehead atoms. The molecule has 106 valence electrons. The van der Waals surface area contributed by atoms with E-state index < -0.39 is 8.32 Å². The number of hydrogen-bond acceptors (Lipinski definition) is 4. The first kappa shape index (κ1) is 14.6. The highest BCUT2D eigenvalue weighted by atomic mass is 28.4. The van der Waals surface area contributed by atoms with Gasteiger partial charge < -0.3 is 8.94 Å². The van der Waals surface area contributed by atoms with Crippen molar-refractivity contribution in [1.82, 2.24) is 0 Å². The zero-order chi connectivity index (χ0) is 14.6. The fourth-order valence-corrected chi connectivity index (χ4v) is 2.58. The number of furan rings is 1. The molecular weight excluding hydrogens is 270 g/mol. The van der Waals surface area contributed by atoms with E-state index in [4.69, 9.17) is 8.94 Å². The predicted molar refractivity (Wildman–Crippen MR) is 81.3 cm³/mol. The van der Waals surface area contributed by atoms with Gasteiger partial charge in [-0.25, -0.2) is 0 Å². The van der Waals surface area contributed by atoms with Gasteiger partial charge >= 0.3 is 0 Å². The van der Waals surface area contributed by atoms with Crippen LogP contribution in [0.25, 0.3) is 0 Å². The molecule has 0 spiro atoms. The van der Waals surface area contributed by atoms with Gasteiger partial charge in [0.15, 0.2) is 5.76 Å². The fraction of sp³-hybridized carbons (Fsp3) is 0.267. The van der Waals surface area contributed by atoms with E-state index in [1.54, 1.807) is 17.2 Å². The SMILES string of the molecule is C[Si](C)(C)ON(CC(=O)c1ccco1)c1ccccc1. The van der Waals surface area contributed by atoms with Crippen molar-refractivity contribution in [2.24, 2.45) is 0 Å². The number of para-hydroxylation sites is 1. The number of carbonyl (C=O) groups is 1. The van der Waals surface area contributed by atoms with E-state index >= 15 is 0 Å². The van der Waals surface area contributed by atoms with Gasteiger partial charge in [0.25, 0.3) is 0 Å². The third kappa shape index (κ3) is 4.08. The Bertz CT molecular complexity index is 546. The minimum Gasteiger partial charge on any atom is -0.461 e. The Morgan fingerprint density at radius 2 is 1.85 bits per heavy atom. The topological polar surface area (TPSA) is 42.7 Å². The van der Waals surface area contributed by atoms with Gasteiger partial charge in [0.1, 0.15) is 6.54 Å². The molecule has 1 heterocycles. The zero-order valence-electron chi connectivity index (χ0n) is 12.0. The van der Waals surface area contributed by atoms with E-state index in [9.17, 15) is 4.79 Å². The molecule has 0 N–H and O–H groups in total. The molecule has 2 rings (SSSR count). The molecule has 0 amide bonds. The van der Waals surface area contributed by atoms with Crippen LogP contribution in [0.4, 0.5) is 5.69 Å². The highest BCUT2D eigenvalue weighted by Crippen LogP contribution is 2.18. The van der Waals surface area contributed by atoms with Crippen LogP contribution in [0.5, 0.6) is 0 Å². The van der Waals surface area contributed by atoms with Gasteiger partial charge in [-0.1, -0.05) is 18.2 Å². The Labute approximate surface area is 120 Å². The second kappa shape index (κ2) is 6.07. The average Bonchev–Trinajstić information content (AvgIpc) is 2.91. The Kier molecular flexibility index (Phi) is 4.41. The lowest BCUT2D eigenvalue weighted by molar-refractivity contribution is 0.0945. The van der Waals surface area contributed by atoms with Crippen LogP contribution in [0.3, 0.4) is 0 Å². The molecule has 4 nitrogen and oxygen atoms in total. The van der Waals surface area contributed by atoms with Crippen LogP contribution < -0.4 is 5.06 Å². The number of anilines is 1. The monoisotopic (exact) mass is 289 g/mol. The number of hydroxylamine groups is 1. The number of benzene rings is 1. The van der Waals surface area contributed by atoms with Gasteiger partial charge in [0, 0.05) is 0 Å². The molecule has 0 aliphatic rings. The standard InChI is InChI=1S/C15H19NO3Si/c1-20(2,3)19-16(13-8-5-4-6-9-13)12-14(17)15-10-7-11-18-15/h4-11H,12H2,1-3H3. The minimum atomic E-state index is -1.81. The first-order valence-corrected chi connectivity index (χ1v) is 9.95. The number of Topliss-reactive ketones (excluding diaryl/α,β-unsaturated/α-hetero) is 1. The van der Waals surface area contributed by atoms with Crippen molar-refractivity contribution in [3.8, 4) is 0 Å². The summed E-state index contributed by atoms with van der Waals surface area (Å²) < 4.78 is 11.1. The minimum absolute atomic E-state index is 0.0999. The Hall–Kier alpha value is -1.85. The molecule has 1 aromatic heterocycles. The largest absolute Gasteiger partial charge is 0.461 e. The van der Waals surface area contributed by atoms with Gasteiger partial charge in [-0.15, -0.1) is 0 Å². The Morgan fingerprint density at radius 1 is 1.15 bits per heavy atom. The van der Waals surface area contributed by atoms with E-state index in [0.29, 0.717) is 5.76 Å². The van der Waals surface area contributed by atoms with Crippen molar-refractivity contribution in [3.05, 3.63) is 54.5 Å². The van der Waals surface area contributed by atoms with Gasteiger partial charge in [0.2, 0.25) is 14.1 Å². The van der Waals surface area contributed by atoms with Gasteiger partial charge in [-0.2, -0.15) is 0 Å². The summed E-state index contributed by atoms with van der Waals surface area (Å²) in [6.07, 6.45) is 1.50. The second-order valence-electron chi connectivity index (χ2n) is 5.48. The van der Waals surface area contributed by atoms with Crippen LogP contribution in [0.2, 0.25) is 19.6 Å². The lowest BCUT2D eigenvalue weighted by atomic mass is 10.2. The molecule has 0 saturated carbocycles. The molecule has 5 heteroatoms. The summed E-state index contributed by atoms with van der Waals surface area (Å²) >= 11 is 0. The maximum Gasteiger partial charge on any atom is 0.220 e. The maximum atomic E-state index is 12.2. The number of hydrogen-bond donors (Lipinski definition) is 0. The molecule has 1 aromatic carbocycles. The van der Waals surface area contributed by atoms with E-state index in [2.05, 4.69) is 19.6 Å². The number of nitrogens with zero attached hydrogens (tertiary/aromatic N) is 1. The van der Waals surface area contributed by atoms with Crippen LogP contribution in [-0.2, 0) is 4.53 Å². The van der Waals surface area contributed by atoms with E-state index in [1.807, 2.05) is 30.3 Å². The first-order valence-electron chi connectivity index (χ1n) is 6.54. The molecule has 0 unspecified atom stereocenters. The summed E-state index contributed by atoms with van der Waals surface area (Å²) in [6, 6.07) is 13.0. The van der Waals surface area contributed by atoms with Gasteiger partial charge in [-0.3, -0.25) is 9.86 Å². The zero-order valence-corrected chi connectivity index (χ0v) is 13.0. The molecule has 0 saturated heterocycles.